The first-order valence-electron chi connectivity index (χ1n) is 1.62. The zero-order chi connectivity index (χ0) is 7.21. The van der Waals surface area contributed by atoms with Gasteiger partial charge in [-0.15, -0.1) is 11.6 Å². The van der Waals surface area contributed by atoms with Crippen LogP contribution in [-0.2, 0) is 8.26 Å². The second-order valence-corrected chi connectivity index (χ2v) is 4.85. The number of rotatable bonds is 0. The second-order valence-electron chi connectivity index (χ2n) is 0.646. The number of hydrogen-bond acceptors (Lipinski definition) is 2. The van der Waals surface area contributed by atoms with Crippen LogP contribution in [0, 0.1) is 0 Å². The predicted molar refractivity (Wildman–Crippen MR) is 37.0 cm³/mol. The van der Waals surface area contributed by atoms with Crippen LogP contribution >= 0.6 is 33.0 Å². The molecular weight excluding hydrogens is 194 g/mol. The van der Waals surface area contributed by atoms with E-state index in [2.05, 4.69) is 21.4 Å². The summed E-state index contributed by atoms with van der Waals surface area (Å²) in [5.74, 6) is 0.722. The van der Waals surface area contributed by atoms with E-state index in [0.29, 0.717) is 0 Å². The van der Waals surface area contributed by atoms with Crippen LogP contribution in [-0.4, -0.2) is 14.3 Å². The fraction of sp³-hybridized carbons (Fsp3) is 1.00. The summed E-state index contributed by atoms with van der Waals surface area (Å²) in [4.78, 5) is 0. The Labute approximate surface area is 62.7 Å². The average Bonchev–Trinajstić information content (AvgIpc) is 1.27. The Kier molecular flexibility index (Phi) is 8.62. The number of halogens is 3. The standard InChI is InChI=1S/C2H5Cl.Cl2O2S/c1-2-3;1-5(2,3)4/h2H2,1H3;. The molecule has 0 spiro atoms. The molecule has 0 bridgehead atoms. The lowest BCUT2D eigenvalue weighted by Gasteiger charge is -1.61. The summed E-state index contributed by atoms with van der Waals surface area (Å²) in [6, 6.07) is 0. The molecule has 6 heteroatoms. The maximum Gasteiger partial charge on any atom is 0.317 e. The smallest absolute Gasteiger partial charge is 0.195 e. The summed E-state index contributed by atoms with van der Waals surface area (Å²) in [7, 11) is 4.81. The van der Waals surface area contributed by atoms with Crippen LogP contribution in [0.5, 0.6) is 0 Å². The molecule has 0 amide bonds. The minimum absolute atomic E-state index is 0.722. The highest BCUT2D eigenvalue weighted by Gasteiger charge is 1.88. The molecule has 0 aromatic rings. The van der Waals surface area contributed by atoms with Gasteiger partial charge in [-0.2, -0.15) is 8.42 Å². The highest BCUT2D eigenvalue weighted by atomic mass is 36.0. The van der Waals surface area contributed by atoms with Crippen molar-refractivity contribution in [1.82, 2.24) is 0 Å². The molecule has 2 nitrogen and oxygen atoms in total. The van der Waals surface area contributed by atoms with Gasteiger partial charge in [-0.1, -0.05) is 6.92 Å². The Morgan fingerprint density at radius 3 is 1.38 bits per heavy atom. The van der Waals surface area contributed by atoms with Crippen LogP contribution in [0.25, 0.3) is 0 Å². The lowest BCUT2D eigenvalue weighted by molar-refractivity contribution is 0.621. The van der Waals surface area contributed by atoms with Crippen molar-refractivity contribution < 1.29 is 8.42 Å². The van der Waals surface area contributed by atoms with Gasteiger partial charge >= 0.3 is 8.26 Å². The van der Waals surface area contributed by atoms with Crippen molar-refractivity contribution in [3.63, 3.8) is 0 Å². The Bertz CT molecular complexity index is 109. The molecule has 0 heterocycles. The quantitative estimate of drug-likeness (QED) is 0.441. The van der Waals surface area contributed by atoms with E-state index in [1.54, 1.807) is 0 Å². The summed E-state index contributed by atoms with van der Waals surface area (Å²) in [6.07, 6.45) is 0. The van der Waals surface area contributed by atoms with E-state index in [4.69, 9.17) is 20.0 Å². The fourth-order valence-electron chi connectivity index (χ4n) is 0. The van der Waals surface area contributed by atoms with Crippen molar-refractivity contribution in [3.8, 4) is 0 Å². The van der Waals surface area contributed by atoms with Gasteiger partial charge in [0.15, 0.2) is 0 Å². The van der Waals surface area contributed by atoms with E-state index >= 15 is 0 Å². The molecule has 0 atom stereocenters. The summed E-state index contributed by atoms with van der Waals surface area (Å²) in [5, 5.41) is 0. The van der Waals surface area contributed by atoms with Gasteiger partial charge < -0.3 is 0 Å². The molecule has 0 aliphatic rings. The van der Waals surface area contributed by atoms with Crippen LogP contribution in [0.3, 0.4) is 0 Å². The number of alkyl halides is 1. The van der Waals surface area contributed by atoms with Crippen LogP contribution < -0.4 is 0 Å². The minimum atomic E-state index is -3.72. The SMILES string of the molecule is CCCl.O=S(=O)(Cl)Cl. The molecule has 52 valence electrons. The van der Waals surface area contributed by atoms with Crippen molar-refractivity contribution in [2.24, 2.45) is 0 Å². The molecule has 0 radical (unpaired) electrons. The summed E-state index contributed by atoms with van der Waals surface area (Å²) in [5.41, 5.74) is 0. The Morgan fingerprint density at radius 2 is 1.38 bits per heavy atom. The Balaban J connectivity index is 0. The molecule has 0 aromatic heterocycles. The summed E-state index contributed by atoms with van der Waals surface area (Å²) < 4.78 is 18.3. The van der Waals surface area contributed by atoms with Gasteiger partial charge in [0.2, 0.25) is 0 Å². The van der Waals surface area contributed by atoms with E-state index in [1.807, 2.05) is 6.92 Å². The van der Waals surface area contributed by atoms with Gasteiger partial charge in [-0.3, -0.25) is 0 Å². The van der Waals surface area contributed by atoms with E-state index in [1.165, 1.54) is 0 Å². The Hall–Kier alpha value is 0.820. The molecule has 0 saturated heterocycles. The van der Waals surface area contributed by atoms with E-state index in [0.717, 1.165) is 5.88 Å². The predicted octanol–water partition coefficient (Wildman–Crippen LogP) is 1.95. The molecule has 0 saturated carbocycles. The lowest BCUT2D eigenvalue weighted by Crippen LogP contribution is -1.63. The molecule has 0 unspecified atom stereocenters. The molecule has 0 rings (SSSR count). The third-order valence-electron chi connectivity index (χ3n) is 0. The van der Waals surface area contributed by atoms with E-state index in [9.17, 15) is 0 Å². The van der Waals surface area contributed by atoms with Gasteiger partial charge in [-0.05, 0) is 0 Å². The highest BCUT2D eigenvalue weighted by Crippen LogP contribution is 1.98. The van der Waals surface area contributed by atoms with Gasteiger partial charge in [0.25, 0.3) is 0 Å². The minimum Gasteiger partial charge on any atom is -0.195 e. The van der Waals surface area contributed by atoms with Crippen molar-refractivity contribution in [2.75, 3.05) is 5.88 Å². The molecule has 0 fully saturated rings. The first-order valence-corrected chi connectivity index (χ1v) is 5.29. The molecule has 0 N–H and O–H groups in total. The average molecular weight is 199 g/mol. The first kappa shape index (κ1) is 11.6. The van der Waals surface area contributed by atoms with Crippen LogP contribution in [0.4, 0.5) is 0 Å². The van der Waals surface area contributed by atoms with Crippen molar-refractivity contribution in [3.05, 3.63) is 0 Å². The normalized spacial score (nSPS) is 9.50. The van der Waals surface area contributed by atoms with Crippen molar-refractivity contribution in [1.29, 1.82) is 0 Å². The topological polar surface area (TPSA) is 34.1 Å². The third kappa shape index (κ3) is 344. The third-order valence-corrected chi connectivity index (χ3v) is 0. The Morgan fingerprint density at radius 1 is 1.38 bits per heavy atom. The molecule has 8 heavy (non-hydrogen) atoms. The molecule has 0 aromatic carbocycles. The van der Waals surface area contributed by atoms with Crippen molar-refractivity contribution >= 4 is 41.2 Å². The first-order chi connectivity index (χ1) is 3.41. The molecular formula is C2H5Cl3O2S. The van der Waals surface area contributed by atoms with Gasteiger partial charge in [0, 0.05) is 27.2 Å². The van der Waals surface area contributed by atoms with Gasteiger partial charge in [-0.25, -0.2) is 0 Å². The maximum atomic E-state index is 9.16. The molecule has 0 aliphatic carbocycles. The summed E-state index contributed by atoms with van der Waals surface area (Å²) in [6.45, 7) is 1.89. The zero-order valence-corrected chi connectivity index (χ0v) is 7.15. The van der Waals surface area contributed by atoms with Crippen LogP contribution in [0.1, 0.15) is 6.92 Å². The van der Waals surface area contributed by atoms with Gasteiger partial charge in [0.05, 0.1) is 0 Å². The summed E-state index contributed by atoms with van der Waals surface area (Å²) >= 11 is 5.00. The van der Waals surface area contributed by atoms with E-state index < -0.39 is 8.26 Å². The highest BCUT2D eigenvalue weighted by molar-refractivity contribution is 8.31. The second kappa shape index (κ2) is 5.95. The lowest BCUT2D eigenvalue weighted by atomic mass is 11.0. The van der Waals surface area contributed by atoms with Crippen LogP contribution in [0.15, 0.2) is 0 Å². The van der Waals surface area contributed by atoms with Crippen LogP contribution in [0.2, 0.25) is 0 Å². The molecule has 0 aliphatic heterocycles. The van der Waals surface area contributed by atoms with E-state index in [-0.39, 0.29) is 0 Å². The number of hydrogen-bond donors (Lipinski definition) is 0. The van der Waals surface area contributed by atoms with Gasteiger partial charge in [0.1, 0.15) is 0 Å². The largest absolute Gasteiger partial charge is 0.317 e. The monoisotopic (exact) mass is 198 g/mol. The fourth-order valence-corrected chi connectivity index (χ4v) is 0. The van der Waals surface area contributed by atoms with Crippen molar-refractivity contribution in [2.45, 2.75) is 6.92 Å². The zero-order valence-electron chi connectivity index (χ0n) is 4.07. The maximum absolute atomic E-state index is 9.16.